The third kappa shape index (κ3) is 3.49. The number of nitrogens with one attached hydrogen (secondary N) is 1. The molecule has 0 bridgehead atoms. The topological polar surface area (TPSA) is 73.1 Å². The van der Waals surface area contributed by atoms with E-state index in [0.29, 0.717) is 23.1 Å². The third-order valence-electron chi connectivity index (χ3n) is 3.73. The van der Waals surface area contributed by atoms with E-state index < -0.39 is 0 Å². The summed E-state index contributed by atoms with van der Waals surface area (Å²) in [4.78, 5) is 8.35. The number of aryl methyl sites for hydroxylation is 1. The molecule has 0 aliphatic carbocycles. The van der Waals surface area contributed by atoms with Crippen molar-refractivity contribution in [1.82, 2.24) is 9.97 Å². The Morgan fingerprint density at radius 2 is 1.79 bits per heavy atom. The van der Waals surface area contributed by atoms with Crippen LogP contribution in [0.2, 0.25) is 0 Å². The lowest BCUT2D eigenvalue weighted by molar-refractivity contribution is 0.464. The lowest BCUT2D eigenvalue weighted by Crippen LogP contribution is -2.04. The Morgan fingerprint density at radius 3 is 2.54 bits per heavy atom. The highest BCUT2D eigenvalue weighted by Crippen LogP contribution is 2.32. The maximum Gasteiger partial charge on any atom is 0.248 e. The van der Waals surface area contributed by atoms with Gasteiger partial charge in [-0.15, -0.1) is 0 Å². The summed E-state index contributed by atoms with van der Waals surface area (Å²) in [6, 6.07) is 13.5. The van der Waals surface area contributed by atoms with Crippen molar-refractivity contribution in [2.24, 2.45) is 0 Å². The minimum atomic E-state index is 0.320. The molecule has 0 atom stereocenters. The maximum atomic E-state index is 6.18. The molecule has 1 aromatic heterocycles. The zero-order chi connectivity index (χ0) is 17.1. The average molecular weight is 385 g/mol. The molecule has 6 heteroatoms. The average Bonchev–Trinajstić information content (AvgIpc) is 2.57. The van der Waals surface area contributed by atoms with E-state index in [0.717, 1.165) is 15.7 Å². The Hall–Kier alpha value is -2.60. The zero-order valence-electron chi connectivity index (χ0n) is 13.4. The lowest BCUT2D eigenvalue weighted by Gasteiger charge is -2.14. The molecule has 122 valence electrons. The summed E-state index contributed by atoms with van der Waals surface area (Å²) in [7, 11) is 0. The molecule has 0 aliphatic heterocycles. The normalized spacial score (nSPS) is 10.5. The molecule has 0 radical (unpaired) electrons. The molecule has 0 aliphatic rings. The van der Waals surface area contributed by atoms with Crippen molar-refractivity contribution in [3.05, 3.63) is 64.4 Å². The highest BCUT2D eigenvalue weighted by molar-refractivity contribution is 9.10. The Morgan fingerprint density at radius 1 is 1.04 bits per heavy atom. The van der Waals surface area contributed by atoms with E-state index in [9.17, 15) is 0 Å². The highest BCUT2D eigenvalue weighted by Gasteiger charge is 2.12. The SMILES string of the molecule is Cc1cccc(Nc2ncnc(Oc3ccc(Br)cc3)c2N)c1C. The molecule has 0 fully saturated rings. The van der Waals surface area contributed by atoms with Gasteiger partial charge in [0.05, 0.1) is 0 Å². The first-order chi connectivity index (χ1) is 11.5. The van der Waals surface area contributed by atoms with E-state index in [2.05, 4.69) is 44.2 Å². The van der Waals surface area contributed by atoms with Gasteiger partial charge in [0.15, 0.2) is 5.82 Å². The summed E-state index contributed by atoms with van der Waals surface area (Å²) in [6.45, 7) is 4.11. The van der Waals surface area contributed by atoms with Crippen LogP contribution in [0.25, 0.3) is 0 Å². The predicted octanol–water partition coefficient (Wildman–Crippen LogP) is 4.97. The Bertz CT molecular complexity index is 865. The molecule has 3 aromatic rings. The fourth-order valence-corrected chi connectivity index (χ4v) is 2.45. The van der Waals surface area contributed by atoms with Crippen LogP contribution < -0.4 is 15.8 Å². The Labute approximate surface area is 149 Å². The van der Waals surface area contributed by atoms with Gasteiger partial charge in [-0.1, -0.05) is 28.1 Å². The van der Waals surface area contributed by atoms with Crippen molar-refractivity contribution in [2.45, 2.75) is 13.8 Å². The van der Waals surface area contributed by atoms with Crippen molar-refractivity contribution in [3.8, 4) is 11.6 Å². The number of halogens is 1. The highest BCUT2D eigenvalue weighted by atomic mass is 79.9. The van der Waals surface area contributed by atoms with Gasteiger partial charge in [0.2, 0.25) is 5.88 Å². The number of aromatic nitrogens is 2. The second-order valence-electron chi connectivity index (χ2n) is 5.37. The molecule has 0 amide bonds. The molecule has 1 heterocycles. The molecule has 0 unspecified atom stereocenters. The van der Waals surface area contributed by atoms with Crippen LogP contribution in [0.15, 0.2) is 53.3 Å². The number of anilines is 3. The fourth-order valence-electron chi connectivity index (χ4n) is 2.19. The molecule has 2 aromatic carbocycles. The number of ether oxygens (including phenoxy) is 1. The van der Waals surface area contributed by atoms with Crippen LogP contribution >= 0.6 is 15.9 Å². The van der Waals surface area contributed by atoms with Gasteiger partial charge in [-0.3, -0.25) is 0 Å². The van der Waals surface area contributed by atoms with Gasteiger partial charge < -0.3 is 15.8 Å². The second kappa shape index (κ2) is 6.88. The molecular weight excluding hydrogens is 368 g/mol. The number of hydrogen-bond acceptors (Lipinski definition) is 5. The molecule has 3 N–H and O–H groups in total. The summed E-state index contributed by atoms with van der Waals surface area (Å²) in [5.41, 5.74) is 9.83. The van der Waals surface area contributed by atoms with Crippen LogP contribution in [-0.2, 0) is 0 Å². The largest absolute Gasteiger partial charge is 0.437 e. The van der Waals surface area contributed by atoms with Crippen molar-refractivity contribution in [1.29, 1.82) is 0 Å². The minimum absolute atomic E-state index is 0.320. The van der Waals surface area contributed by atoms with E-state index in [-0.39, 0.29) is 0 Å². The fraction of sp³-hybridized carbons (Fsp3) is 0.111. The van der Waals surface area contributed by atoms with Gasteiger partial charge in [0.1, 0.15) is 17.8 Å². The number of nitrogens with zero attached hydrogens (tertiary/aromatic N) is 2. The zero-order valence-corrected chi connectivity index (χ0v) is 15.0. The van der Waals surface area contributed by atoms with Gasteiger partial charge in [0.25, 0.3) is 0 Å². The molecule has 0 saturated heterocycles. The van der Waals surface area contributed by atoms with Gasteiger partial charge in [-0.05, 0) is 55.3 Å². The number of nitrogen functional groups attached to an aromatic ring is 1. The van der Waals surface area contributed by atoms with E-state index >= 15 is 0 Å². The molecule has 0 spiro atoms. The van der Waals surface area contributed by atoms with Crippen LogP contribution in [0.3, 0.4) is 0 Å². The molecular formula is C18H17BrN4O. The number of hydrogen-bond donors (Lipinski definition) is 2. The molecule has 5 nitrogen and oxygen atoms in total. The van der Waals surface area contributed by atoms with Crippen LogP contribution in [0.1, 0.15) is 11.1 Å². The maximum absolute atomic E-state index is 6.18. The van der Waals surface area contributed by atoms with Crippen molar-refractivity contribution < 1.29 is 4.74 Å². The standard InChI is InChI=1S/C18H17BrN4O/c1-11-4-3-5-15(12(11)2)23-17-16(20)18(22-10-21-17)24-14-8-6-13(19)7-9-14/h3-10H,20H2,1-2H3,(H,21,22,23). The molecule has 3 rings (SSSR count). The van der Waals surface area contributed by atoms with Crippen LogP contribution in [0.5, 0.6) is 11.6 Å². The van der Waals surface area contributed by atoms with Crippen molar-refractivity contribution in [3.63, 3.8) is 0 Å². The monoisotopic (exact) mass is 384 g/mol. The van der Waals surface area contributed by atoms with Crippen molar-refractivity contribution >= 4 is 33.1 Å². The van der Waals surface area contributed by atoms with Gasteiger partial charge >= 0.3 is 0 Å². The van der Waals surface area contributed by atoms with Gasteiger partial charge in [0, 0.05) is 10.2 Å². The van der Waals surface area contributed by atoms with Gasteiger partial charge in [-0.2, -0.15) is 4.98 Å². The van der Waals surface area contributed by atoms with Crippen LogP contribution in [0, 0.1) is 13.8 Å². The second-order valence-corrected chi connectivity index (χ2v) is 6.29. The predicted molar refractivity (Wildman–Crippen MR) is 99.9 cm³/mol. The lowest BCUT2D eigenvalue weighted by atomic mass is 10.1. The van der Waals surface area contributed by atoms with E-state index in [1.54, 1.807) is 0 Å². The summed E-state index contributed by atoms with van der Waals surface area (Å²) in [6.07, 6.45) is 1.43. The van der Waals surface area contributed by atoms with Gasteiger partial charge in [-0.25, -0.2) is 4.98 Å². The first kappa shape index (κ1) is 16.3. The summed E-state index contributed by atoms with van der Waals surface area (Å²) in [5, 5.41) is 3.25. The van der Waals surface area contributed by atoms with E-state index in [4.69, 9.17) is 10.5 Å². The van der Waals surface area contributed by atoms with Crippen LogP contribution in [-0.4, -0.2) is 9.97 Å². The quantitative estimate of drug-likeness (QED) is 0.663. The third-order valence-corrected chi connectivity index (χ3v) is 4.26. The first-order valence-electron chi connectivity index (χ1n) is 7.41. The number of benzene rings is 2. The summed E-state index contributed by atoms with van der Waals surface area (Å²) >= 11 is 3.39. The van der Waals surface area contributed by atoms with E-state index in [1.807, 2.05) is 43.3 Å². The van der Waals surface area contributed by atoms with Crippen LogP contribution in [0.4, 0.5) is 17.2 Å². The Kier molecular flexibility index (Phi) is 4.66. The first-order valence-corrected chi connectivity index (χ1v) is 8.21. The number of rotatable bonds is 4. The minimum Gasteiger partial charge on any atom is -0.437 e. The summed E-state index contributed by atoms with van der Waals surface area (Å²) in [5.74, 6) is 1.49. The van der Waals surface area contributed by atoms with E-state index in [1.165, 1.54) is 11.9 Å². The van der Waals surface area contributed by atoms with Crippen molar-refractivity contribution in [2.75, 3.05) is 11.1 Å². The smallest absolute Gasteiger partial charge is 0.248 e. The molecule has 24 heavy (non-hydrogen) atoms. The number of nitrogens with two attached hydrogens (primary N) is 1. The molecule has 0 saturated carbocycles. The summed E-state index contributed by atoms with van der Waals surface area (Å²) < 4.78 is 6.73. The Balaban J connectivity index is 1.88.